The van der Waals surface area contributed by atoms with E-state index in [-0.39, 0.29) is 0 Å². The molecular formula is C58H34N2O2. The molecule has 10 aromatic carbocycles. The van der Waals surface area contributed by atoms with Crippen LogP contribution in [0, 0.1) is 0 Å². The van der Waals surface area contributed by atoms with Crippen LogP contribution in [0.3, 0.4) is 0 Å². The lowest BCUT2D eigenvalue weighted by molar-refractivity contribution is 0.658. The van der Waals surface area contributed by atoms with Crippen LogP contribution in [0.4, 0.5) is 0 Å². The van der Waals surface area contributed by atoms with Crippen LogP contribution in [0.2, 0.25) is 0 Å². The molecule has 0 N–H and O–H groups in total. The van der Waals surface area contributed by atoms with Crippen molar-refractivity contribution in [1.29, 1.82) is 0 Å². The van der Waals surface area contributed by atoms with Crippen LogP contribution in [0.25, 0.3) is 132 Å². The van der Waals surface area contributed by atoms with E-state index in [9.17, 15) is 0 Å². The zero-order valence-electron chi connectivity index (χ0n) is 33.3. The first-order chi connectivity index (χ1) is 30.7. The van der Waals surface area contributed by atoms with E-state index in [0.717, 1.165) is 121 Å². The van der Waals surface area contributed by atoms with Gasteiger partial charge in [-0.2, -0.15) is 0 Å². The van der Waals surface area contributed by atoms with E-state index in [0.29, 0.717) is 0 Å². The number of rotatable bonds is 5. The molecule has 13 rings (SSSR count). The monoisotopic (exact) mass is 790 g/mol. The van der Waals surface area contributed by atoms with Crippen LogP contribution in [-0.4, -0.2) is 9.97 Å². The van der Waals surface area contributed by atoms with Crippen molar-refractivity contribution >= 4 is 76.5 Å². The molecule has 0 saturated heterocycles. The standard InChI is InChI=1S/C58H34N2O2/c1-3-25-47-43(21-1)44-22-2-4-26-48(44)56-55(47)59-34-51(60-56)41-19-11-17-39(31-41)37-15-9-13-35(29-37)36-14-10-16-38(30-36)40-18-12-20-42(32-40)54-57-49(45-23-5-7-27-52(45)61-57)33-50-46-24-6-8-28-53(46)62-58(50)54/h1-34H. The van der Waals surface area contributed by atoms with Crippen LogP contribution >= 0.6 is 0 Å². The van der Waals surface area contributed by atoms with Gasteiger partial charge in [0.15, 0.2) is 0 Å². The molecule has 288 valence electrons. The average Bonchev–Trinajstić information content (AvgIpc) is 3.91. The fourth-order valence-corrected chi connectivity index (χ4v) is 9.53. The Bertz CT molecular complexity index is 3820. The molecule has 62 heavy (non-hydrogen) atoms. The minimum Gasteiger partial charge on any atom is -0.455 e. The Morgan fingerprint density at radius 1 is 0.290 bits per heavy atom. The summed E-state index contributed by atoms with van der Waals surface area (Å²) in [5.41, 5.74) is 15.9. The first-order valence-electron chi connectivity index (χ1n) is 21.0. The van der Waals surface area contributed by atoms with Gasteiger partial charge < -0.3 is 8.83 Å². The molecule has 0 fully saturated rings. The summed E-state index contributed by atoms with van der Waals surface area (Å²) >= 11 is 0. The van der Waals surface area contributed by atoms with Crippen molar-refractivity contribution in [3.63, 3.8) is 0 Å². The highest BCUT2D eigenvalue weighted by molar-refractivity contribution is 6.24. The second-order valence-corrected chi connectivity index (χ2v) is 16.1. The van der Waals surface area contributed by atoms with E-state index in [1.54, 1.807) is 0 Å². The summed E-state index contributed by atoms with van der Waals surface area (Å²) < 4.78 is 13.2. The third-order valence-corrected chi connectivity index (χ3v) is 12.5. The summed E-state index contributed by atoms with van der Waals surface area (Å²) in [6, 6.07) is 70.7. The molecule has 4 heteroatoms. The number of furan rings is 2. The molecule has 3 aromatic heterocycles. The zero-order valence-corrected chi connectivity index (χ0v) is 33.3. The van der Waals surface area contributed by atoms with Gasteiger partial charge in [-0.3, -0.25) is 4.98 Å². The summed E-state index contributed by atoms with van der Waals surface area (Å²) in [5, 5.41) is 8.97. The maximum absolute atomic E-state index is 6.62. The van der Waals surface area contributed by atoms with Gasteiger partial charge in [0.2, 0.25) is 0 Å². The van der Waals surface area contributed by atoms with Gasteiger partial charge in [0.25, 0.3) is 0 Å². The fourth-order valence-electron chi connectivity index (χ4n) is 9.53. The summed E-state index contributed by atoms with van der Waals surface area (Å²) in [6.45, 7) is 0. The number of nitrogens with zero attached hydrogens (tertiary/aromatic N) is 2. The van der Waals surface area contributed by atoms with Crippen molar-refractivity contribution < 1.29 is 8.83 Å². The smallest absolute Gasteiger partial charge is 0.147 e. The summed E-state index contributed by atoms with van der Waals surface area (Å²) in [5.74, 6) is 0. The first kappa shape index (κ1) is 34.5. The first-order valence-corrected chi connectivity index (χ1v) is 21.0. The Morgan fingerprint density at radius 3 is 1.19 bits per heavy atom. The van der Waals surface area contributed by atoms with Gasteiger partial charge in [0, 0.05) is 37.9 Å². The van der Waals surface area contributed by atoms with Crippen molar-refractivity contribution in [2.24, 2.45) is 0 Å². The zero-order chi connectivity index (χ0) is 40.7. The van der Waals surface area contributed by atoms with Gasteiger partial charge in [0.1, 0.15) is 22.3 Å². The number of fused-ring (bicyclic) bond motifs is 12. The summed E-state index contributed by atoms with van der Waals surface area (Å²) in [4.78, 5) is 10.3. The van der Waals surface area contributed by atoms with E-state index in [1.807, 2.05) is 30.5 Å². The van der Waals surface area contributed by atoms with Crippen LogP contribution in [0.1, 0.15) is 0 Å². The molecular weight excluding hydrogens is 757 g/mol. The highest BCUT2D eigenvalue weighted by Crippen LogP contribution is 2.45. The highest BCUT2D eigenvalue weighted by Gasteiger charge is 2.21. The van der Waals surface area contributed by atoms with E-state index in [4.69, 9.17) is 18.8 Å². The molecule has 0 aliphatic heterocycles. The van der Waals surface area contributed by atoms with Crippen LogP contribution < -0.4 is 0 Å². The molecule has 0 atom stereocenters. The highest BCUT2D eigenvalue weighted by atomic mass is 16.3. The normalized spacial score (nSPS) is 11.9. The number of para-hydroxylation sites is 2. The number of aromatic nitrogens is 2. The van der Waals surface area contributed by atoms with Gasteiger partial charge in [0.05, 0.1) is 28.5 Å². The van der Waals surface area contributed by atoms with Crippen molar-refractivity contribution in [3.8, 4) is 55.8 Å². The molecule has 0 bridgehead atoms. The molecule has 0 aliphatic carbocycles. The van der Waals surface area contributed by atoms with E-state index in [1.165, 1.54) is 10.8 Å². The second kappa shape index (κ2) is 13.6. The molecule has 4 nitrogen and oxygen atoms in total. The topological polar surface area (TPSA) is 52.1 Å². The third-order valence-electron chi connectivity index (χ3n) is 12.5. The van der Waals surface area contributed by atoms with Gasteiger partial charge >= 0.3 is 0 Å². The Labute approximate surface area is 356 Å². The SMILES string of the molecule is c1cc(-c2cccc(-c3cccc(-c4c5oc6ccccc6c5cc5c4oc4ccccc45)c3)c2)cc(-c2cccc(-c3cnc4c5ccccc5c5ccccc5c4n3)c2)c1. The molecule has 0 saturated carbocycles. The Morgan fingerprint density at radius 2 is 0.677 bits per heavy atom. The number of benzene rings is 10. The molecule has 0 spiro atoms. The molecule has 13 aromatic rings. The predicted octanol–water partition coefficient (Wildman–Crippen LogP) is 16.1. The average molecular weight is 791 g/mol. The molecule has 0 amide bonds. The molecule has 3 heterocycles. The van der Waals surface area contributed by atoms with Crippen molar-refractivity contribution in [2.45, 2.75) is 0 Å². The van der Waals surface area contributed by atoms with Gasteiger partial charge in [-0.25, -0.2) is 4.98 Å². The quantitative estimate of drug-likeness (QED) is 0.163. The van der Waals surface area contributed by atoms with E-state index < -0.39 is 0 Å². The Balaban J connectivity index is 0.875. The number of hydrogen-bond donors (Lipinski definition) is 0. The molecule has 0 radical (unpaired) electrons. The van der Waals surface area contributed by atoms with Gasteiger partial charge in [-0.1, -0.05) is 158 Å². The van der Waals surface area contributed by atoms with Crippen LogP contribution in [-0.2, 0) is 0 Å². The van der Waals surface area contributed by atoms with Crippen molar-refractivity contribution in [2.75, 3.05) is 0 Å². The molecule has 0 unspecified atom stereocenters. The maximum atomic E-state index is 6.62. The van der Waals surface area contributed by atoms with Crippen molar-refractivity contribution in [1.82, 2.24) is 9.97 Å². The predicted molar refractivity (Wildman–Crippen MR) is 256 cm³/mol. The van der Waals surface area contributed by atoms with E-state index in [2.05, 4.69) is 176 Å². The lowest BCUT2D eigenvalue weighted by Crippen LogP contribution is -1.92. The Hall–Kier alpha value is -8.34. The summed E-state index contributed by atoms with van der Waals surface area (Å²) in [6.07, 6.45) is 1.91. The number of hydrogen-bond acceptors (Lipinski definition) is 4. The lowest BCUT2D eigenvalue weighted by Gasteiger charge is -2.12. The summed E-state index contributed by atoms with van der Waals surface area (Å²) in [7, 11) is 0. The largest absolute Gasteiger partial charge is 0.455 e. The maximum Gasteiger partial charge on any atom is 0.147 e. The van der Waals surface area contributed by atoms with Crippen LogP contribution in [0.15, 0.2) is 215 Å². The van der Waals surface area contributed by atoms with Crippen LogP contribution in [0.5, 0.6) is 0 Å². The second-order valence-electron chi connectivity index (χ2n) is 16.1. The minimum atomic E-state index is 0.833. The third kappa shape index (κ3) is 5.40. The minimum absolute atomic E-state index is 0.833. The lowest BCUT2D eigenvalue weighted by atomic mass is 9.93. The fraction of sp³-hybridized carbons (Fsp3) is 0. The van der Waals surface area contributed by atoms with Gasteiger partial charge in [-0.05, 0) is 92.2 Å². The van der Waals surface area contributed by atoms with Crippen molar-refractivity contribution in [3.05, 3.63) is 206 Å². The molecule has 0 aliphatic rings. The van der Waals surface area contributed by atoms with E-state index >= 15 is 0 Å². The Kier molecular flexibility index (Phi) is 7.57. The van der Waals surface area contributed by atoms with Gasteiger partial charge in [-0.15, -0.1) is 0 Å².